The predicted octanol–water partition coefficient (Wildman–Crippen LogP) is 2.98. The molecule has 0 bridgehead atoms. The van der Waals surface area contributed by atoms with Gasteiger partial charge in [-0.05, 0) is 24.6 Å². The van der Waals surface area contributed by atoms with E-state index in [9.17, 15) is 13.2 Å². The van der Waals surface area contributed by atoms with Crippen LogP contribution >= 0.6 is 0 Å². The summed E-state index contributed by atoms with van der Waals surface area (Å²) in [5, 5.41) is 8.96. The van der Waals surface area contributed by atoms with Gasteiger partial charge >= 0.3 is 6.36 Å². The Hall–Kier alpha value is -1.49. The van der Waals surface area contributed by atoms with Gasteiger partial charge in [-0.2, -0.15) is 0 Å². The molecule has 0 aromatic heterocycles. The SMILES string of the molecule is CC(O)/C=C/c1ccc(OC(F)(F)F)cc1. The van der Waals surface area contributed by atoms with Crippen molar-refractivity contribution in [3.8, 4) is 5.75 Å². The molecule has 1 aromatic carbocycles. The maximum absolute atomic E-state index is 11.8. The first-order valence-corrected chi connectivity index (χ1v) is 4.59. The molecule has 1 rings (SSSR count). The Bertz CT molecular complexity index is 352. The Morgan fingerprint density at radius 3 is 2.25 bits per heavy atom. The molecule has 0 saturated heterocycles. The third-order valence-corrected chi connectivity index (χ3v) is 1.68. The van der Waals surface area contributed by atoms with Crippen LogP contribution < -0.4 is 4.74 Å². The number of hydrogen-bond donors (Lipinski definition) is 1. The Morgan fingerprint density at radius 1 is 1.25 bits per heavy atom. The quantitative estimate of drug-likeness (QED) is 0.868. The molecule has 88 valence electrons. The number of halogens is 3. The highest BCUT2D eigenvalue weighted by atomic mass is 19.4. The van der Waals surface area contributed by atoms with Gasteiger partial charge in [0.05, 0.1) is 6.10 Å². The first-order valence-electron chi connectivity index (χ1n) is 4.59. The van der Waals surface area contributed by atoms with E-state index in [-0.39, 0.29) is 5.75 Å². The van der Waals surface area contributed by atoms with Crippen LogP contribution in [0.1, 0.15) is 12.5 Å². The lowest BCUT2D eigenvalue weighted by atomic mass is 10.2. The van der Waals surface area contributed by atoms with Crippen LogP contribution in [0.4, 0.5) is 13.2 Å². The Kier molecular flexibility index (Phi) is 3.95. The molecule has 1 aromatic rings. The molecule has 0 saturated carbocycles. The van der Waals surface area contributed by atoms with Gasteiger partial charge in [-0.25, -0.2) is 0 Å². The van der Waals surface area contributed by atoms with Gasteiger partial charge in [0.15, 0.2) is 0 Å². The second-order valence-electron chi connectivity index (χ2n) is 3.22. The van der Waals surface area contributed by atoms with Crippen LogP contribution in [0, 0.1) is 0 Å². The molecule has 0 spiro atoms. The first kappa shape index (κ1) is 12.6. The fourth-order valence-corrected chi connectivity index (χ4v) is 1.03. The molecule has 16 heavy (non-hydrogen) atoms. The van der Waals surface area contributed by atoms with E-state index in [1.165, 1.54) is 30.3 Å². The minimum Gasteiger partial charge on any atom is -0.406 e. The van der Waals surface area contributed by atoms with Crippen molar-refractivity contribution in [1.82, 2.24) is 0 Å². The zero-order valence-electron chi connectivity index (χ0n) is 8.53. The zero-order chi connectivity index (χ0) is 12.2. The molecule has 0 radical (unpaired) electrons. The molecule has 2 nitrogen and oxygen atoms in total. The second-order valence-corrected chi connectivity index (χ2v) is 3.22. The van der Waals surface area contributed by atoms with Crippen molar-refractivity contribution in [3.05, 3.63) is 35.9 Å². The van der Waals surface area contributed by atoms with Gasteiger partial charge in [0.2, 0.25) is 0 Å². The Morgan fingerprint density at radius 2 is 1.81 bits per heavy atom. The highest BCUT2D eigenvalue weighted by molar-refractivity contribution is 5.50. The summed E-state index contributed by atoms with van der Waals surface area (Å²) in [5.41, 5.74) is 0.690. The molecule has 1 N–H and O–H groups in total. The lowest BCUT2D eigenvalue weighted by Gasteiger charge is -2.08. The van der Waals surface area contributed by atoms with Gasteiger partial charge < -0.3 is 9.84 Å². The average Bonchev–Trinajstić information content (AvgIpc) is 2.14. The van der Waals surface area contributed by atoms with E-state index in [1.54, 1.807) is 13.0 Å². The minimum absolute atomic E-state index is 0.262. The van der Waals surface area contributed by atoms with Crippen molar-refractivity contribution < 1.29 is 23.0 Å². The molecule has 0 aliphatic heterocycles. The number of ether oxygens (including phenoxy) is 1. The van der Waals surface area contributed by atoms with Crippen LogP contribution in [0.5, 0.6) is 5.75 Å². The summed E-state index contributed by atoms with van der Waals surface area (Å²) in [6.07, 6.45) is -2.12. The second kappa shape index (κ2) is 5.03. The van der Waals surface area contributed by atoms with Gasteiger partial charge in [-0.15, -0.1) is 13.2 Å². The normalized spacial score (nSPS) is 14.1. The lowest BCUT2D eigenvalue weighted by Crippen LogP contribution is -2.16. The lowest BCUT2D eigenvalue weighted by molar-refractivity contribution is -0.274. The van der Waals surface area contributed by atoms with Gasteiger partial charge in [0.1, 0.15) is 5.75 Å². The maximum atomic E-state index is 11.8. The van der Waals surface area contributed by atoms with Crippen molar-refractivity contribution in [1.29, 1.82) is 0 Å². The highest BCUT2D eigenvalue weighted by Gasteiger charge is 2.30. The number of rotatable bonds is 3. The molecular formula is C11H11F3O2. The van der Waals surface area contributed by atoms with E-state index in [4.69, 9.17) is 5.11 Å². The van der Waals surface area contributed by atoms with E-state index in [1.807, 2.05) is 0 Å². The Balaban J connectivity index is 2.68. The number of hydrogen-bond acceptors (Lipinski definition) is 2. The van der Waals surface area contributed by atoms with Crippen molar-refractivity contribution >= 4 is 6.08 Å². The summed E-state index contributed by atoms with van der Waals surface area (Å²) in [7, 11) is 0. The minimum atomic E-state index is -4.67. The maximum Gasteiger partial charge on any atom is 0.573 e. The van der Waals surface area contributed by atoms with Gasteiger partial charge in [-0.3, -0.25) is 0 Å². The fraction of sp³-hybridized carbons (Fsp3) is 0.273. The Labute approximate surface area is 91.0 Å². The fourth-order valence-electron chi connectivity index (χ4n) is 1.03. The highest BCUT2D eigenvalue weighted by Crippen LogP contribution is 2.22. The molecule has 1 unspecified atom stereocenters. The number of aliphatic hydroxyl groups is 1. The summed E-state index contributed by atoms with van der Waals surface area (Å²) in [5.74, 6) is -0.262. The van der Waals surface area contributed by atoms with Crippen molar-refractivity contribution in [2.24, 2.45) is 0 Å². The summed E-state index contributed by atoms with van der Waals surface area (Å²) in [4.78, 5) is 0. The van der Waals surface area contributed by atoms with Crippen LogP contribution in [0.3, 0.4) is 0 Å². The van der Waals surface area contributed by atoms with Crippen LogP contribution in [0.2, 0.25) is 0 Å². The third-order valence-electron chi connectivity index (χ3n) is 1.68. The van der Waals surface area contributed by atoms with E-state index in [2.05, 4.69) is 4.74 Å². The smallest absolute Gasteiger partial charge is 0.406 e. The van der Waals surface area contributed by atoms with E-state index in [0.717, 1.165) is 0 Å². The zero-order valence-corrected chi connectivity index (χ0v) is 8.53. The predicted molar refractivity (Wildman–Crippen MR) is 53.8 cm³/mol. The molecule has 0 aliphatic rings. The first-order chi connectivity index (χ1) is 7.37. The van der Waals surface area contributed by atoms with E-state index >= 15 is 0 Å². The summed E-state index contributed by atoms with van der Waals surface area (Å²) >= 11 is 0. The molecular weight excluding hydrogens is 221 g/mol. The van der Waals surface area contributed by atoms with Crippen LogP contribution in [-0.2, 0) is 0 Å². The van der Waals surface area contributed by atoms with Crippen molar-refractivity contribution in [3.63, 3.8) is 0 Å². The molecule has 0 amide bonds. The monoisotopic (exact) mass is 232 g/mol. The van der Waals surface area contributed by atoms with E-state index < -0.39 is 12.5 Å². The summed E-state index contributed by atoms with van der Waals surface area (Å²) in [6, 6.07) is 5.38. The van der Waals surface area contributed by atoms with Crippen molar-refractivity contribution in [2.45, 2.75) is 19.4 Å². The van der Waals surface area contributed by atoms with Gasteiger partial charge in [0.25, 0.3) is 0 Å². The van der Waals surface area contributed by atoms with Crippen LogP contribution in [0.25, 0.3) is 6.08 Å². The topological polar surface area (TPSA) is 29.5 Å². The molecule has 1 atom stereocenters. The van der Waals surface area contributed by atoms with E-state index in [0.29, 0.717) is 5.56 Å². The molecule has 0 aliphatic carbocycles. The van der Waals surface area contributed by atoms with Crippen molar-refractivity contribution in [2.75, 3.05) is 0 Å². The summed E-state index contributed by atoms with van der Waals surface area (Å²) < 4.78 is 39.2. The largest absolute Gasteiger partial charge is 0.573 e. The summed E-state index contributed by atoms with van der Waals surface area (Å²) in [6.45, 7) is 1.58. The van der Waals surface area contributed by atoms with Gasteiger partial charge in [0, 0.05) is 0 Å². The number of alkyl halides is 3. The average molecular weight is 232 g/mol. The molecule has 5 heteroatoms. The third kappa shape index (κ3) is 4.84. The van der Waals surface area contributed by atoms with Gasteiger partial charge in [-0.1, -0.05) is 24.3 Å². The molecule has 0 fully saturated rings. The molecule has 0 heterocycles. The standard InChI is InChI=1S/C11H11F3O2/c1-8(15)2-3-9-4-6-10(7-5-9)16-11(12,13)14/h2-8,15H,1H3/b3-2+. The van der Waals surface area contributed by atoms with Crippen LogP contribution in [0.15, 0.2) is 30.3 Å². The number of aliphatic hydroxyl groups excluding tert-OH is 1. The van der Waals surface area contributed by atoms with Crippen LogP contribution in [-0.4, -0.2) is 17.6 Å². The number of benzene rings is 1.